The standard InChI is InChI=1S/C19H29N3O4/c1-4-13(2)22-16(14-6-7-14)15(10-20-22)17(23)21-9-5-8-19(11-21,12-26-3)18(24)25/h10,13-14H,4-9,11-12H2,1-3H3,(H,24,25). The van der Waals surface area contributed by atoms with Gasteiger partial charge in [0.15, 0.2) is 0 Å². The highest BCUT2D eigenvalue weighted by atomic mass is 16.5. The van der Waals surface area contributed by atoms with E-state index in [9.17, 15) is 14.7 Å². The van der Waals surface area contributed by atoms with Crippen molar-refractivity contribution in [2.75, 3.05) is 26.8 Å². The zero-order valence-corrected chi connectivity index (χ0v) is 15.9. The number of rotatable bonds is 7. The Hall–Kier alpha value is -1.89. The molecule has 0 spiro atoms. The number of nitrogens with zero attached hydrogens (tertiary/aromatic N) is 3. The van der Waals surface area contributed by atoms with Gasteiger partial charge < -0.3 is 14.7 Å². The maximum absolute atomic E-state index is 13.2. The molecular weight excluding hydrogens is 334 g/mol. The van der Waals surface area contributed by atoms with Gasteiger partial charge in [-0.2, -0.15) is 5.10 Å². The highest BCUT2D eigenvalue weighted by Gasteiger charge is 2.45. The van der Waals surface area contributed by atoms with Crippen LogP contribution in [-0.2, 0) is 9.53 Å². The summed E-state index contributed by atoms with van der Waals surface area (Å²) in [6, 6.07) is 0.250. The minimum absolute atomic E-state index is 0.0946. The Kier molecular flexibility index (Phi) is 5.37. The number of amides is 1. The van der Waals surface area contributed by atoms with Crippen molar-refractivity contribution in [3.05, 3.63) is 17.5 Å². The molecule has 1 N–H and O–H groups in total. The number of methoxy groups -OCH3 is 1. The van der Waals surface area contributed by atoms with Crippen molar-refractivity contribution in [3.8, 4) is 0 Å². The number of carboxylic acids is 1. The Bertz CT molecular complexity index is 678. The second kappa shape index (κ2) is 7.39. The van der Waals surface area contributed by atoms with E-state index < -0.39 is 11.4 Å². The Morgan fingerprint density at radius 2 is 2.19 bits per heavy atom. The second-order valence-corrected chi connectivity index (χ2v) is 7.77. The van der Waals surface area contributed by atoms with Crippen molar-refractivity contribution in [2.24, 2.45) is 5.41 Å². The van der Waals surface area contributed by atoms with Crippen molar-refractivity contribution in [1.82, 2.24) is 14.7 Å². The van der Waals surface area contributed by atoms with E-state index in [0.29, 0.717) is 30.9 Å². The Morgan fingerprint density at radius 3 is 2.77 bits per heavy atom. The number of ether oxygens (including phenoxy) is 1. The first kappa shape index (κ1) is 18.9. The van der Waals surface area contributed by atoms with Crippen molar-refractivity contribution >= 4 is 11.9 Å². The Morgan fingerprint density at radius 1 is 1.46 bits per heavy atom. The van der Waals surface area contributed by atoms with E-state index in [-0.39, 0.29) is 25.1 Å². The van der Waals surface area contributed by atoms with Crippen molar-refractivity contribution in [3.63, 3.8) is 0 Å². The predicted molar refractivity (Wildman–Crippen MR) is 96.3 cm³/mol. The molecule has 1 amide bonds. The summed E-state index contributed by atoms with van der Waals surface area (Å²) in [4.78, 5) is 26.8. The monoisotopic (exact) mass is 363 g/mol. The van der Waals surface area contributed by atoms with Crippen molar-refractivity contribution in [2.45, 2.75) is 57.9 Å². The van der Waals surface area contributed by atoms with Gasteiger partial charge in [-0.05, 0) is 39.0 Å². The summed E-state index contributed by atoms with van der Waals surface area (Å²) in [5.74, 6) is -0.587. The summed E-state index contributed by atoms with van der Waals surface area (Å²) >= 11 is 0. The fraction of sp³-hybridized carbons (Fsp3) is 0.737. The van der Waals surface area contributed by atoms with Gasteiger partial charge >= 0.3 is 5.97 Å². The van der Waals surface area contributed by atoms with Crippen molar-refractivity contribution in [1.29, 1.82) is 0 Å². The van der Waals surface area contributed by atoms with Crippen LogP contribution in [0.3, 0.4) is 0 Å². The Balaban J connectivity index is 1.87. The first-order valence-corrected chi connectivity index (χ1v) is 9.52. The number of hydrogen-bond donors (Lipinski definition) is 1. The summed E-state index contributed by atoms with van der Waals surface area (Å²) in [6.07, 6.45) is 6.00. The minimum Gasteiger partial charge on any atom is -0.481 e. The van der Waals surface area contributed by atoms with Crippen molar-refractivity contribution < 1.29 is 19.4 Å². The van der Waals surface area contributed by atoms with E-state index in [2.05, 4.69) is 18.9 Å². The topological polar surface area (TPSA) is 84.7 Å². The maximum Gasteiger partial charge on any atom is 0.313 e. The molecule has 2 heterocycles. The van der Waals surface area contributed by atoms with E-state index in [1.165, 1.54) is 7.11 Å². The molecule has 1 saturated heterocycles. The number of hydrogen-bond acceptors (Lipinski definition) is 4. The third-order valence-electron chi connectivity index (χ3n) is 5.78. The molecule has 0 aromatic carbocycles. The van der Waals surface area contributed by atoms with Crippen LogP contribution < -0.4 is 0 Å². The van der Waals surface area contributed by atoms with Gasteiger partial charge in [0.05, 0.1) is 24.1 Å². The number of carbonyl (C=O) groups is 2. The summed E-state index contributed by atoms with van der Waals surface area (Å²) in [7, 11) is 1.51. The SMILES string of the molecule is CCC(C)n1ncc(C(=O)N2CCCC(COC)(C(=O)O)C2)c1C1CC1. The third-order valence-corrected chi connectivity index (χ3v) is 5.78. The number of aliphatic carboxylic acids is 1. The van der Waals surface area contributed by atoms with Crippen LogP contribution in [0.25, 0.3) is 0 Å². The molecule has 2 aliphatic rings. The number of aromatic nitrogens is 2. The lowest BCUT2D eigenvalue weighted by Gasteiger charge is -2.39. The van der Waals surface area contributed by atoms with Crippen LogP contribution >= 0.6 is 0 Å². The second-order valence-electron chi connectivity index (χ2n) is 7.77. The highest BCUT2D eigenvalue weighted by molar-refractivity contribution is 5.96. The molecule has 2 fully saturated rings. The van der Waals surface area contributed by atoms with Gasteiger partial charge in [0, 0.05) is 32.2 Å². The lowest BCUT2D eigenvalue weighted by atomic mass is 9.80. The smallest absolute Gasteiger partial charge is 0.313 e. The quantitative estimate of drug-likeness (QED) is 0.805. The summed E-state index contributed by atoms with van der Waals surface area (Å²) in [6.45, 7) is 5.11. The molecule has 3 rings (SSSR count). The van der Waals surface area contributed by atoms with Crippen LogP contribution in [0, 0.1) is 5.41 Å². The summed E-state index contributed by atoms with van der Waals surface area (Å²) in [5.41, 5.74) is 0.656. The zero-order valence-electron chi connectivity index (χ0n) is 15.9. The molecule has 1 aromatic rings. The van der Waals surface area contributed by atoms with E-state index in [4.69, 9.17) is 4.74 Å². The molecule has 7 heteroatoms. The first-order chi connectivity index (χ1) is 12.4. The van der Waals surface area contributed by atoms with Gasteiger partial charge in [-0.3, -0.25) is 14.3 Å². The number of piperidine rings is 1. The molecule has 1 saturated carbocycles. The van der Waals surface area contributed by atoms with Crippen LogP contribution in [0.5, 0.6) is 0 Å². The molecule has 144 valence electrons. The highest BCUT2D eigenvalue weighted by Crippen LogP contribution is 2.43. The average molecular weight is 363 g/mol. The molecule has 0 radical (unpaired) electrons. The van der Waals surface area contributed by atoms with Crippen LogP contribution in [0.15, 0.2) is 6.20 Å². The van der Waals surface area contributed by atoms with Gasteiger partial charge in [0.2, 0.25) is 0 Å². The van der Waals surface area contributed by atoms with Gasteiger partial charge in [-0.25, -0.2) is 0 Å². The lowest BCUT2D eigenvalue weighted by Crippen LogP contribution is -2.52. The molecule has 2 unspecified atom stereocenters. The molecule has 1 aromatic heterocycles. The third kappa shape index (κ3) is 3.37. The van der Waals surface area contributed by atoms with E-state index in [1.54, 1.807) is 11.1 Å². The molecule has 1 aliphatic heterocycles. The maximum atomic E-state index is 13.2. The molecule has 7 nitrogen and oxygen atoms in total. The molecule has 2 atom stereocenters. The fourth-order valence-electron chi connectivity index (χ4n) is 3.93. The van der Waals surface area contributed by atoms with Crippen LogP contribution in [0.1, 0.15) is 74.0 Å². The number of carboxylic acid groups (broad SMARTS) is 1. The minimum atomic E-state index is -1.02. The van der Waals surface area contributed by atoms with Crippen LogP contribution in [-0.4, -0.2) is 58.5 Å². The summed E-state index contributed by atoms with van der Waals surface area (Å²) in [5, 5.41) is 14.2. The van der Waals surface area contributed by atoms with E-state index >= 15 is 0 Å². The van der Waals surface area contributed by atoms with Gasteiger partial charge in [0.1, 0.15) is 5.41 Å². The first-order valence-electron chi connectivity index (χ1n) is 9.52. The average Bonchev–Trinajstić information content (AvgIpc) is 3.38. The molecule has 1 aliphatic carbocycles. The molecular formula is C19H29N3O4. The predicted octanol–water partition coefficient (Wildman–Crippen LogP) is 2.68. The van der Waals surface area contributed by atoms with Gasteiger partial charge in [0.25, 0.3) is 5.91 Å². The lowest BCUT2D eigenvalue weighted by molar-refractivity contribution is -0.155. The van der Waals surface area contributed by atoms with Crippen LogP contribution in [0.4, 0.5) is 0 Å². The largest absolute Gasteiger partial charge is 0.481 e. The fourth-order valence-corrected chi connectivity index (χ4v) is 3.93. The number of likely N-dealkylation sites (tertiary alicyclic amines) is 1. The summed E-state index contributed by atoms with van der Waals surface area (Å²) < 4.78 is 7.16. The molecule has 0 bridgehead atoms. The van der Waals surface area contributed by atoms with Gasteiger partial charge in [-0.1, -0.05) is 6.92 Å². The van der Waals surface area contributed by atoms with Gasteiger partial charge in [-0.15, -0.1) is 0 Å². The normalized spacial score (nSPS) is 24.5. The van der Waals surface area contributed by atoms with E-state index in [0.717, 1.165) is 25.0 Å². The molecule has 26 heavy (non-hydrogen) atoms. The zero-order chi connectivity index (χ0) is 18.9. The number of carbonyl (C=O) groups excluding carboxylic acids is 1. The Labute approximate surface area is 154 Å². The van der Waals surface area contributed by atoms with E-state index in [1.807, 2.05) is 4.68 Å². The van der Waals surface area contributed by atoms with Crippen LogP contribution in [0.2, 0.25) is 0 Å².